The molecule has 124 valence electrons. The lowest BCUT2D eigenvalue weighted by molar-refractivity contribution is -0.0583. The van der Waals surface area contributed by atoms with Crippen LogP contribution in [0.4, 0.5) is 5.82 Å². The number of rotatable bonds is 6. The van der Waals surface area contributed by atoms with Gasteiger partial charge in [-0.1, -0.05) is 6.08 Å². The Hall–Kier alpha value is -2.07. The maximum Gasteiger partial charge on any atom is 0.167 e. The van der Waals surface area contributed by atoms with Gasteiger partial charge in [-0.2, -0.15) is 0 Å². The van der Waals surface area contributed by atoms with Gasteiger partial charge < -0.3 is 25.0 Å². The van der Waals surface area contributed by atoms with Crippen LogP contribution in [0.3, 0.4) is 0 Å². The fraction of sp³-hybridized carbons (Fsp3) is 0.500. The Labute approximate surface area is 132 Å². The number of aliphatic hydroxyl groups excluding tert-OH is 2. The molecule has 0 amide bonds. The molecule has 0 aliphatic carbocycles. The molecular weight excluding hydrogens is 302 g/mol. The highest BCUT2D eigenvalue weighted by atomic mass is 16.6. The van der Waals surface area contributed by atoms with E-state index >= 15 is 0 Å². The van der Waals surface area contributed by atoms with E-state index in [4.69, 9.17) is 9.47 Å². The number of hydrogen-bond donors (Lipinski definition) is 3. The Kier molecular flexibility index (Phi) is 4.53. The van der Waals surface area contributed by atoms with E-state index in [1.807, 2.05) is 0 Å². The quantitative estimate of drug-likeness (QED) is 0.621. The van der Waals surface area contributed by atoms with Crippen LogP contribution < -0.4 is 5.32 Å². The normalized spacial score (nSPS) is 27.4. The van der Waals surface area contributed by atoms with Crippen LogP contribution in [-0.4, -0.2) is 68.3 Å². The lowest BCUT2D eigenvalue weighted by Crippen LogP contribution is -2.34. The largest absolute Gasteiger partial charge is 0.394 e. The molecule has 3 N–H and O–H groups in total. The lowest BCUT2D eigenvalue weighted by atomic mass is 10.1. The molecule has 0 radical (unpaired) electrons. The Morgan fingerprint density at radius 2 is 2.30 bits per heavy atom. The molecule has 0 saturated carbocycles. The summed E-state index contributed by atoms with van der Waals surface area (Å²) in [4.78, 5) is 12.7. The van der Waals surface area contributed by atoms with Crippen LogP contribution in [-0.2, 0) is 9.47 Å². The molecule has 2 aromatic heterocycles. The van der Waals surface area contributed by atoms with Crippen molar-refractivity contribution in [1.29, 1.82) is 0 Å². The van der Waals surface area contributed by atoms with E-state index in [1.165, 1.54) is 13.4 Å². The first-order chi connectivity index (χ1) is 11.2. The Balaban J connectivity index is 1.98. The Morgan fingerprint density at radius 1 is 1.48 bits per heavy atom. The van der Waals surface area contributed by atoms with Crippen molar-refractivity contribution in [2.75, 3.05) is 25.6 Å². The van der Waals surface area contributed by atoms with Crippen molar-refractivity contribution in [2.45, 2.75) is 24.5 Å². The lowest BCUT2D eigenvalue weighted by Gasteiger charge is -2.19. The minimum absolute atomic E-state index is 0.300. The van der Waals surface area contributed by atoms with Crippen LogP contribution in [0.25, 0.3) is 11.2 Å². The van der Waals surface area contributed by atoms with Gasteiger partial charge in [0.25, 0.3) is 0 Å². The predicted octanol–water partition coefficient (Wildman–Crippen LogP) is -0.310. The van der Waals surface area contributed by atoms with Gasteiger partial charge in [0, 0.05) is 13.7 Å². The van der Waals surface area contributed by atoms with E-state index in [-0.39, 0.29) is 6.61 Å². The molecule has 1 saturated heterocycles. The van der Waals surface area contributed by atoms with Gasteiger partial charge in [0.2, 0.25) is 0 Å². The summed E-state index contributed by atoms with van der Waals surface area (Å²) < 4.78 is 12.7. The summed E-state index contributed by atoms with van der Waals surface area (Å²) in [7, 11) is 1.48. The number of anilines is 1. The van der Waals surface area contributed by atoms with Crippen molar-refractivity contribution in [3.8, 4) is 0 Å². The molecule has 0 spiro atoms. The van der Waals surface area contributed by atoms with Gasteiger partial charge in [0.05, 0.1) is 12.9 Å². The van der Waals surface area contributed by atoms with Gasteiger partial charge in [-0.25, -0.2) is 15.0 Å². The molecule has 23 heavy (non-hydrogen) atoms. The summed E-state index contributed by atoms with van der Waals surface area (Å²) in [6, 6.07) is 0. The summed E-state index contributed by atoms with van der Waals surface area (Å²) in [6.07, 6.45) is 1.76. The molecule has 0 aromatic carbocycles. The number of fused-ring (bicyclic) bond motifs is 1. The Bertz CT molecular complexity index is 691. The number of nitrogens with zero attached hydrogens (tertiary/aromatic N) is 4. The SMILES string of the molecule is C=CCNc1ncnc2c1ncn2[C@@H]1O[C@H](CO)[C@@H](O)[C@H]1OC. The van der Waals surface area contributed by atoms with Crippen molar-refractivity contribution in [3.05, 3.63) is 25.3 Å². The van der Waals surface area contributed by atoms with Gasteiger partial charge in [-0.15, -0.1) is 6.58 Å². The van der Waals surface area contributed by atoms with Crippen LogP contribution in [0.1, 0.15) is 6.23 Å². The molecule has 4 atom stereocenters. The van der Waals surface area contributed by atoms with Gasteiger partial charge in [-0.3, -0.25) is 4.57 Å². The van der Waals surface area contributed by atoms with Gasteiger partial charge in [-0.05, 0) is 0 Å². The highest BCUT2D eigenvalue weighted by molar-refractivity contribution is 5.82. The highest BCUT2D eigenvalue weighted by Gasteiger charge is 2.45. The van der Waals surface area contributed by atoms with Crippen molar-refractivity contribution in [1.82, 2.24) is 19.5 Å². The number of nitrogens with one attached hydrogen (secondary N) is 1. The van der Waals surface area contributed by atoms with E-state index in [0.29, 0.717) is 23.5 Å². The second kappa shape index (κ2) is 6.59. The Morgan fingerprint density at radius 3 is 3.00 bits per heavy atom. The van der Waals surface area contributed by atoms with Crippen LogP contribution in [0, 0.1) is 0 Å². The van der Waals surface area contributed by atoms with Crippen LogP contribution in [0.2, 0.25) is 0 Å². The first-order valence-electron chi connectivity index (χ1n) is 7.20. The van der Waals surface area contributed by atoms with E-state index < -0.39 is 24.5 Å². The number of hydrogen-bond acceptors (Lipinski definition) is 8. The third kappa shape index (κ3) is 2.68. The average molecular weight is 321 g/mol. The minimum Gasteiger partial charge on any atom is -0.394 e. The highest BCUT2D eigenvalue weighted by Crippen LogP contribution is 2.33. The first kappa shape index (κ1) is 15.8. The maximum atomic E-state index is 10.2. The van der Waals surface area contributed by atoms with E-state index in [2.05, 4.69) is 26.8 Å². The van der Waals surface area contributed by atoms with E-state index in [1.54, 1.807) is 17.0 Å². The summed E-state index contributed by atoms with van der Waals surface area (Å²) in [5, 5.41) is 22.6. The van der Waals surface area contributed by atoms with Crippen LogP contribution >= 0.6 is 0 Å². The smallest absolute Gasteiger partial charge is 0.167 e. The standard InChI is InChI=1S/C14H19N5O4/c1-3-4-15-12-9-13(17-6-16-12)19(7-18-9)14-11(22-2)10(21)8(5-20)23-14/h3,6-8,10-11,14,20-21H,1,4-5H2,2H3,(H,15,16,17)/t8-,10-,11-,14-/m1/s1. The van der Waals surface area contributed by atoms with Crippen LogP contribution in [0.15, 0.2) is 25.3 Å². The summed E-state index contributed by atoms with van der Waals surface area (Å²) in [5.74, 6) is 0.583. The van der Waals surface area contributed by atoms with Gasteiger partial charge in [0.1, 0.15) is 24.6 Å². The fourth-order valence-corrected chi connectivity index (χ4v) is 2.68. The topological polar surface area (TPSA) is 115 Å². The van der Waals surface area contributed by atoms with Crippen molar-refractivity contribution in [3.63, 3.8) is 0 Å². The van der Waals surface area contributed by atoms with Crippen molar-refractivity contribution < 1.29 is 19.7 Å². The zero-order valence-electron chi connectivity index (χ0n) is 12.7. The molecule has 2 aromatic rings. The van der Waals surface area contributed by atoms with Gasteiger partial charge in [0.15, 0.2) is 23.2 Å². The monoisotopic (exact) mass is 321 g/mol. The molecule has 9 heteroatoms. The van der Waals surface area contributed by atoms with E-state index in [0.717, 1.165) is 0 Å². The molecule has 0 bridgehead atoms. The zero-order valence-corrected chi connectivity index (χ0v) is 12.7. The second-order valence-corrected chi connectivity index (χ2v) is 5.15. The third-order valence-corrected chi connectivity index (χ3v) is 3.81. The molecule has 9 nitrogen and oxygen atoms in total. The van der Waals surface area contributed by atoms with Gasteiger partial charge >= 0.3 is 0 Å². The third-order valence-electron chi connectivity index (χ3n) is 3.81. The first-order valence-corrected chi connectivity index (χ1v) is 7.20. The van der Waals surface area contributed by atoms with Crippen LogP contribution in [0.5, 0.6) is 0 Å². The number of imidazole rings is 1. The molecule has 1 aliphatic rings. The number of aromatic nitrogens is 4. The van der Waals surface area contributed by atoms with E-state index in [9.17, 15) is 10.2 Å². The molecule has 3 rings (SSSR count). The number of ether oxygens (including phenoxy) is 2. The molecule has 1 fully saturated rings. The molecule has 1 aliphatic heterocycles. The fourth-order valence-electron chi connectivity index (χ4n) is 2.68. The maximum absolute atomic E-state index is 10.2. The van der Waals surface area contributed by atoms with Crippen molar-refractivity contribution in [2.24, 2.45) is 0 Å². The minimum atomic E-state index is -0.937. The van der Waals surface area contributed by atoms with Crippen molar-refractivity contribution >= 4 is 17.0 Å². The predicted molar refractivity (Wildman–Crippen MR) is 81.8 cm³/mol. The number of aliphatic hydroxyl groups is 2. The second-order valence-electron chi connectivity index (χ2n) is 5.15. The summed E-state index contributed by atoms with van der Waals surface area (Å²) in [6.45, 7) is 3.90. The summed E-state index contributed by atoms with van der Waals surface area (Å²) >= 11 is 0. The number of methoxy groups -OCH3 is 1. The zero-order chi connectivity index (χ0) is 16.4. The molecular formula is C14H19N5O4. The summed E-state index contributed by atoms with van der Waals surface area (Å²) in [5.41, 5.74) is 1.12. The average Bonchev–Trinajstić information content (AvgIpc) is 3.13. The molecule has 0 unspecified atom stereocenters. The molecule has 3 heterocycles.